The van der Waals surface area contributed by atoms with Gasteiger partial charge >= 0.3 is 0 Å². The van der Waals surface area contributed by atoms with Crippen LogP contribution in [0.2, 0.25) is 0 Å². The van der Waals surface area contributed by atoms with E-state index in [0.717, 1.165) is 52.1 Å². The first-order chi connectivity index (χ1) is 30.8. The van der Waals surface area contributed by atoms with E-state index in [4.69, 9.17) is 0 Å². The number of nitrogens with zero attached hydrogens (tertiary/aromatic N) is 14. The van der Waals surface area contributed by atoms with E-state index in [9.17, 15) is 0 Å². The smallest absolute Gasteiger partial charge is 0.227 e. The second kappa shape index (κ2) is 30.6. The molecule has 4 rings (SSSR count). The highest BCUT2D eigenvalue weighted by atomic mass is 35.5. The monoisotopic (exact) mass is 913 g/mol. The zero-order valence-electron chi connectivity index (χ0n) is 39.1. The number of hydrogen-bond acceptors (Lipinski definition) is 24. The molecule has 64 heavy (non-hydrogen) atoms. The summed E-state index contributed by atoms with van der Waals surface area (Å²) >= 11 is 0. The molecule has 4 aromatic heterocycles. The van der Waals surface area contributed by atoms with Crippen molar-refractivity contribution >= 4 is 60.0 Å². The van der Waals surface area contributed by atoms with Crippen LogP contribution in [0, 0.1) is 0 Å². The quantitative estimate of drug-likeness (QED) is 0.0302. The van der Waals surface area contributed by atoms with Gasteiger partial charge < -0.3 is 53.2 Å². The van der Waals surface area contributed by atoms with Crippen LogP contribution in [0.25, 0.3) is 0 Å². The lowest BCUT2D eigenvalue weighted by Gasteiger charge is -2.21. The Balaban J connectivity index is 0.0000109. The van der Waals surface area contributed by atoms with Gasteiger partial charge in [0.25, 0.3) is 0 Å². The van der Waals surface area contributed by atoms with E-state index in [1.165, 1.54) is 44.9 Å². The molecule has 0 aromatic carbocycles. The number of halogens is 1. The summed E-state index contributed by atoms with van der Waals surface area (Å²) in [4.78, 5) is 58.6. The number of rotatable bonds is 34. The van der Waals surface area contributed by atoms with Crippen molar-refractivity contribution in [2.45, 2.75) is 84.0 Å². The molecule has 0 bridgehead atoms. The molecule has 25 heteroatoms. The van der Waals surface area contributed by atoms with Gasteiger partial charge in [-0.1, -0.05) is 32.1 Å². The predicted molar refractivity (Wildman–Crippen MR) is 258 cm³/mol. The largest absolute Gasteiger partial charge is 0.357 e. The molecule has 0 aliphatic carbocycles. The van der Waals surface area contributed by atoms with Gasteiger partial charge in [0, 0.05) is 69.5 Å². The molecule has 0 atom stereocenters. The van der Waals surface area contributed by atoms with Gasteiger partial charge in [0.1, 0.15) is 23.3 Å². The minimum absolute atomic E-state index is 0. The maximum atomic E-state index is 4.59. The Hall–Kier alpha value is -5.43. The van der Waals surface area contributed by atoms with Crippen LogP contribution in [0.4, 0.5) is 47.6 Å². The maximum Gasteiger partial charge on any atom is 0.227 e. The first-order valence-electron chi connectivity index (χ1n) is 22.1. The second-order valence-corrected chi connectivity index (χ2v) is 14.7. The molecule has 0 saturated heterocycles. The van der Waals surface area contributed by atoms with Crippen LogP contribution in [0.1, 0.15) is 81.1 Å². The summed E-state index contributed by atoms with van der Waals surface area (Å²) < 4.78 is 0. The Labute approximate surface area is 384 Å². The van der Waals surface area contributed by atoms with Gasteiger partial charge in [-0.2, -0.15) is 59.8 Å². The lowest BCUT2D eigenvalue weighted by atomic mass is 10.1. The zero-order valence-corrected chi connectivity index (χ0v) is 39.9. The molecule has 0 aliphatic heterocycles. The van der Waals surface area contributed by atoms with E-state index >= 15 is 0 Å². The number of nitrogens with one attached hydrogen (secondary N) is 10. The van der Waals surface area contributed by atoms with Crippen molar-refractivity contribution in [3.8, 4) is 0 Å². The molecule has 4 aromatic rings. The van der Waals surface area contributed by atoms with Gasteiger partial charge in [0.05, 0.1) is 26.2 Å². The molecular weight excluding hydrogens is 840 g/mol. The molecule has 0 unspecified atom stereocenters. The van der Waals surface area contributed by atoms with Crippen LogP contribution in [-0.2, 0) is 26.2 Å². The summed E-state index contributed by atoms with van der Waals surface area (Å²) in [6.45, 7) is 7.62. The summed E-state index contributed by atoms with van der Waals surface area (Å²) in [5, 5.41) is 31.5. The highest BCUT2D eigenvalue weighted by Crippen LogP contribution is 2.14. The van der Waals surface area contributed by atoms with Crippen LogP contribution in [-0.4, -0.2) is 165 Å². The Morgan fingerprint density at radius 2 is 0.484 bits per heavy atom. The van der Waals surface area contributed by atoms with Gasteiger partial charge in [-0.15, -0.1) is 12.4 Å². The summed E-state index contributed by atoms with van der Waals surface area (Å²) in [7, 11) is 14.4. The topological polar surface area (TPSA) is 281 Å². The Morgan fingerprint density at radius 1 is 0.281 bits per heavy atom. The minimum Gasteiger partial charge on any atom is -0.357 e. The summed E-state index contributed by atoms with van der Waals surface area (Å²) in [5.41, 5.74) is 0. The van der Waals surface area contributed by atoms with E-state index < -0.39 is 0 Å². The average molecular weight is 914 g/mol. The number of unbranched alkanes of at least 4 members (excludes halogenated alkanes) is 6. The van der Waals surface area contributed by atoms with Gasteiger partial charge in [0.2, 0.25) is 47.6 Å². The van der Waals surface area contributed by atoms with Gasteiger partial charge in [-0.05, 0) is 51.9 Å². The molecule has 24 nitrogen and oxygen atoms in total. The molecule has 0 aliphatic rings. The molecule has 4 heterocycles. The SMILES string of the molecule is CNc1nc(CN(CCCNCCCCCCCCCNCCCN(Cc2nc(NC)nc(NC)n2)Cc2nc(NC)nc(NC)n2)Cc2nc(NC)nc(NC)n2)nc(NC)n1.Cl. The van der Waals surface area contributed by atoms with Crippen molar-refractivity contribution in [1.29, 1.82) is 0 Å². The molecule has 0 fully saturated rings. The standard InChI is InChI=1S/C39H72N24.ClH/c1-40-32-50-28(51-33(41-2)58-32)24-62(25-29-52-34(42-3)59-35(43-4)53-29)22-16-20-48-18-14-12-10-9-11-13-15-19-49-21-17-23-63(26-30-54-36(44-5)60-37(45-6)55-30)27-31-56-38(46-7)61-39(47-8)57-31;/h48-49H,9-27H2,1-8H3,(H2,40,41,50,51,58)(H2,42,43,52,53,59)(H2,44,45,54,55,60)(H2,46,47,56,57,61);1H. The van der Waals surface area contributed by atoms with Crippen molar-refractivity contribution in [2.24, 2.45) is 0 Å². The van der Waals surface area contributed by atoms with Gasteiger partial charge in [0.15, 0.2) is 0 Å². The third-order valence-corrected chi connectivity index (χ3v) is 9.84. The fourth-order valence-electron chi connectivity index (χ4n) is 6.57. The molecule has 0 spiro atoms. The third-order valence-electron chi connectivity index (χ3n) is 9.84. The number of hydrogen-bond donors (Lipinski definition) is 10. The Kier molecular flexibility index (Phi) is 25.3. The third kappa shape index (κ3) is 19.5. The van der Waals surface area contributed by atoms with Crippen LogP contribution in [0.15, 0.2) is 0 Å². The fraction of sp³-hybridized carbons (Fsp3) is 0.692. The zero-order chi connectivity index (χ0) is 45.1. The van der Waals surface area contributed by atoms with Crippen LogP contribution < -0.4 is 53.2 Å². The van der Waals surface area contributed by atoms with Crippen molar-refractivity contribution in [3.05, 3.63) is 23.3 Å². The van der Waals surface area contributed by atoms with E-state index in [1.54, 1.807) is 56.4 Å². The van der Waals surface area contributed by atoms with Crippen molar-refractivity contribution < 1.29 is 0 Å². The normalized spacial score (nSPS) is 11.0. The average Bonchev–Trinajstić information content (AvgIpc) is 3.31. The van der Waals surface area contributed by atoms with E-state index in [1.807, 2.05) is 0 Å². The minimum atomic E-state index is 0. The van der Waals surface area contributed by atoms with E-state index in [2.05, 4.69) is 123 Å². The van der Waals surface area contributed by atoms with Crippen molar-refractivity contribution in [1.82, 2.24) is 80.2 Å². The van der Waals surface area contributed by atoms with Crippen LogP contribution >= 0.6 is 12.4 Å². The van der Waals surface area contributed by atoms with Crippen molar-refractivity contribution in [2.75, 3.05) is 138 Å². The maximum absolute atomic E-state index is 4.59. The van der Waals surface area contributed by atoms with E-state index in [0.29, 0.717) is 97.1 Å². The summed E-state index contributed by atoms with van der Waals surface area (Å²) in [6, 6.07) is 0. The fourth-order valence-corrected chi connectivity index (χ4v) is 6.57. The molecule has 0 amide bonds. The first kappa shape index (κ1) is 52.9. The van der Waals surface area contributed by atoms with Gasteiger partial charge in [-0.3, -0.25) is 9.80 Å². The van der Waals surface area contributed by atoms with Crippen LogP contribution in [0.3, 0.4) is 0 Å². The van der Waals surface area contributed by atoms with Crippen LogP contribution in [0.5, 0.6) is 0 Å². The highest BCUT2D eigenvalue weighted by molar-refractivity contribution is 5.85. The van der Waals surface area contributed by atoms with E-state index in [-0.39, 0.29) is 12.4 Å². The first-order valence-corrected chi connectivity index (χ1v) is 22.1. The molecular formula is C39H73ClN24. The van der Waals surface area contributed by atoms with Crippen molar-refractivity contribution in [3.63, 3.8) is 0 Å². The molecule has 356 valence electrons. The summed E-state index contributed by atoms with van der Waals surface area (Å²) in [6.07, 6.45) is 10.6. The molecule has 0 saturated carbocycles. The van der Waals surface area contributed by atoms with Gasteiger partial charge in [-0.25, -0.2) is 0 Å². The number of aromatic nitrogens is 12. The Morgan fingerprint density at radius 3 is 0.703 bits per heavy atom. The summed E-state index contributed by atoms with van der Waals surface area (Å²) in [5.74, 6) is 6.84. The highest BCUT2D eigenvalue weighted by Gasteiger charge is 2.17. The lowest BCUT2D eigenvalue weighted by molar-refractivity contribution is 0.240. The molecule has 10 N–H and O–H groups in total. The lowest BCUT2D eigenvalue weighted by Crippen LogP contribution is -2.29. The second-order valence-electron chi connectivity index (χ2n) is 14.7. The number of anilines is 8. The predicted octanol–water partition coefficient (Wildman–Crippen LogP) is 2.58. The molecule has 0 radical (unpaired) electrons. The Bertz CT molecular complexity index is 1550.